The number of nitrogens with two attached hydrogens (primary N) is 1. The fourth-order valence-corrected chi connectivity index (χ4v) is 6.06. The predicted octanol–water partition coefficient (Wildman–Crippen LogP) is -1.08. The first-order chi connectivity index (χ1) is 18.4. The topological polar surface area (TPSA) is 213 Å². The molecule has 208 valence electrons. The number of hydrogen-bond acceptors (Lipinski definition) is 12. The number of quaternary nitrogens is 1. The molecule has 17 heteroatoms. The standard InChI is InChI=1S/C22H26N8O7S2/c1-30(2,5-4-11-6-12(31)13(32)7-24-11)8-10-9-38-20-15(19(34)29(20)16(10)21(35)36)25-18(33)14(27-37-3)17-26-22(23)39-28-17/h6-7,15,20H,4-5,8-9H2,1-3H3,(H5-,23,24,25,26,27,28,31,32,33,35,36)/p+1. The number of aromatic amines is 1. The number of fused-ring (bicyclic) bond motifs is 1. The highest BCUT2D eigenvalue weighted by Gasteiger charge is 2.55. The van der Waals surface area contributed by atoms with E-state index < -0.39 is 34.6 Å². The molecule has 2 aliphatic heterocycles. The number of thioether (sulfide) groups is 1. The van der Waals surface area contributed by atoms with E-state index in [1.165, 1.54) is 36.0 Å². The second-order valence-electron chi connectivity index (χ2n) is 9.47. The minimum Gasteiger partial charge on any atom is -0.503 e. The summed E-state index contributed by atoms with van der Waals surface area (Å²) in [5, 5.41) is 25.2. The Balaban J connectivity index is 1.47. The van der Waals surface area contributed by atoms with Gasteiger partial charge >= 0.3 is 5.97 Å². The van der Waals surface area contributed by atoms with Gasteiger partial charge in [0.25, 0.3) is 11.8 Å². The lowest BCUT2D eigenvalue weighted by Crippen LogP contribution is -2.71. The number of likely N-dealkylation sites (N-methyl/N-ethyl adjacent to an activating group) is 1. The van der Waals surface area contributed by atoms with E-state index in [1.54, 1.807) is 0 Å². The van der Waals surface area contributed by atoms with Gasteiger partial charge in [0, 0.05) is 47.2 Å². The van der Waals surface area contributed by atoms with Crippen LogP contribution in [0.4, 0.5) is 5.13 Å². The molecule has 2 aromatic rings. The smallest absolute Gasteiger partial charge is 0.352 e. The first-order valence-corrected chi connectivity index (χ1v) is 13.4. The van der Waals surface area contributed by atoms with Crippen LogP contribution in [0.3, 0.4) is 0 Å². The third-order valence-corrected chi connectivity index (χ3v) is 8.03. The third kappa shape index (κ3) is 5.89. The fraction of sp³-hybridized carbons (Fsp3) is 0.409. The Kier molecular flexibility index (Phi) is 7.94. The first kappa shape index (κ1) is 28.1. The molecule has 15 nitrogen and oxygen atoms in total. The Morgan fingerprint density at radius 2 is 2.13 bits per heavy atom. The summed E-state index contributed by atoms with van der Waals surface area (Å²) in [6, 6.07) is 0.346. The van der Waals surface area contributed by atoms with Crippen LogP contribution in [0.25, 0.3) is 0 Å². The average molecular weight is 580 g/mol. The Morgan fingerprint density at radius 1 is 1.38 bits per heavy atom. The lowest BCUT2D eigenvalue weighted by Gasteiger charge is -2.49. The molecule has 0 bridgehead atoms. The number of aromatic nitrogens is 3. The highest BCUT2D eigenvalue weighted by atomic mass is 32.2. The zero-order valence-electron chi connectivity index (χ0n) is 21.2. The molecule has 0 spiro atoms. The zero-order chi connectivity index (χ0) is 28.5. The van der Waals surface area contributed by atoms with Gasteiger partial charge in [0.05, 0.1) is 20.6 Å². The Morgan fingerprint density at radius 3 is 2.74 bits per heavy atom. The summed E-state index contributed by atoms with van der Waals surface area (Å²) in [4.78, 5) is 62.6. The van der Waals surface area contributed by atoms with E-state index in [4.69, 9.17) is 10.6 Å². The van der Waals surface area contributed by atoms with Crippen molar-refractivity contribution in [3.63, 3.8) is 0 Å². The van der Waals surface area contributed by atoms with E-state index in [0.29, 0.717) is 41.0 Å². The quantitative estimate of drug-likeness (QED) is 0.0988. The van der Waals surface area contributed by atoms with E-state index in [0.717, 1.165) is 11.5 Å². The summed E-state index contributed by atoms with van der Waals surface area (Å²) in [5.74, 6) is -2.64. The number of amides is 2. The van der Waals surface area contributed by atoms with Gasteiger partial charge in [-0.05, 0) is 0 Å². The van der Waals surface area contributed by atoms with Gasteiger partial charge < -0.3 is 35.6 Å². The van der Waals surface area contributed by atoms with Crippen molar-refractivity contribution in [3.05, 3.63) is 45.3 Å². The number of nitrogen functional groups attached to an aromatic ring is 1. The van der Waals surface area contributed by atoms with E-state index in [9.17, 15) is 29.4 Å². The van der Waals surface area contributed by atoms with E-state index in [1.807, 2.05) is 14.1 Å². The van der Waals surface area contributed by atoms with Crippen LogP contribution in [0.1, 0.15) is 11.5 Å². The summed E-state index contributed by atoms with van der Waals surface area (Å²) >= 11 is 2.21. The lowest BCUT2D eigenvalue weighted by molar-refractivity contribution is -0.885. The number of anilines is 1. The minimum absolute atomic E-state index is 0.0541. The Hall–Kier alpha value is -3.96. The molecule has 4 rings (SSSR count). The van der Waals surface area contributed by atoms with Crippen molar-refractivity contribution in [2.75, 3.05) is 45.8 Å². The molecule has 2 aliphatic rings. The number of carbonyl (C=O) groups is 3. The second kappa shape index (κ2) is 11.0. The van der Waals surface area contributed by atoms with Crippen LogP contribution < -0.4 is 16.5 Å². The number of nitrogens with one attached hydrogen (secondary N) is 2. The molecule has 0 aromatic carbocycles. The van der Waals surface area contributed by atoms with Crippen molar-refractivity contribution in [1.82, 2.24) is 24.6 Å². The number of nitrogens with zero attached hydrogens (tertiary/aromatic N) is 5. The van der Waals surface area contributed by atoms with Crippen molar-refractivity contribution in [2.45, 2.75) is 17.8 Å². The normalized spacial score (nSPS) is 19.4. The maximum Gasteiger partial charge on any atom is 0.352 e. The number of rotatable bonds is 10. The van der Waals surface area contributed by atoms with Gasteiger partial charge in [-0.15, -0.1) is 11.8 Å². The van der Waals surface area contributed by atoms with Crippen molar-refractivity contribution >= 4 is 51.9 Å². The predicted molar refractivity (Wildman–Crippen MR) is 142 cm³/mol. The number of carbonyl (C=O) groups excluding carboxylic acids is 2. The minimum atomic E-state index is -1.24. The largest absolute Gasteiger partial charge is 0.503 e. The van der Waals surface area contributed by atoms with E-state index >= 15 is 0 Å². The number of hydrogen-bond donors (Lipinski definition) is 5. The van der Waals surface area contributed by atoms with Gasteiger partial charge in [-0.1, -0.05) is 5.16 Å². The van der Waals surface area contributed by atoms with Gasteiger partial charge in [0.15, 0.2) is 10.9 Å². The van der Waals surface area contributed by atoms with Crippen LogP contribution >= 0.6 is 23.3 Å². The number of carboxylic acid groups (broad SMARTS) is 1. The molecule has 0 radical (unpaired) electrons. The van der Waals surface area contributed by atoms with Crippen LogP contribution in [-0.4, -0.2) is 109 Å². The molecule has 6 N–H and O–H groups in total. The van der Waals surface area contributed by atoms with Crippen LogP contribution in [0.5, 0.6) is 5.75 Å². The van der Waals surface area contributed by atoms with Crippen molar-refractivity contribution in [1.29, 1.82) is 0 Å². The molecular formula is C22H27N8O7S2+. The first-order valence-electron chi connectivity index (χ1n) is 11.6. The molecule has 1 saturated heterocycles. The maximum atomic E-state index is 13.1. The number of aromatic hydroxyl groups is 1. The molecule has 2 aromatic heterocycles. The highest BCUT2D eigenvalue weighted by molar-refractivity contribution is 8.00. The highest BCUT2D eigenvalue weighted by Crippen LogP contribution is 2.40. The molecule has 1 fully saturated rings. The number of carboxylic acids is 1. The molecule has 39 heavy (non-hydrogen) atoms. The van der Waals surface area contributed by atoms with Gasteiger partial charge in [0.2, 0.25) is 17.0 Å². The third-order valence-electron chi connectivity index (χ3n) is 6.15. The van der Waals surface area contributed by atoms with Crippen LogP contribution in [0.2, 0.25) is 0 Å². The molecular weight excluding hydrogens is 552 g/mol. The molecule has 4 heterocycles. The number of aliphatic carboxylic acids is 1. The maximum absolute atomic E-state index is 13.1. The molecule has 0 saturated carbocycles. The fourth-order valence-electron chi connectivity index (χ4n) is 4.29. The van der Waals surface area contributed by atoms with Gasteiger partial charge in [0.1, 0.15) is 30.8 Å². The van der Waals surface area contributed by atoms with Crippen LogP contribution in [0, 0.1) is 0 Å². The SMILES string of the molecule is CO/N=C(/C(=O)NC1C(=O)N2C(C(=O)O)=C(C[N+](C)(C)CCc3cc(=O)c(O)c[nH]3)CSC12)c1nsc(N)n1. The number of oxime groups is 1. The van der Waals surface area contributed by atoms with E-state index in [-0.39, 0.29) is 28.1 Å². The lowest BCUT2D eigenvalue weighted by atomic mass is 10.0. The molecule has 2 amide bonds. The van der Waals surface area contributed by atoms with Crippen LogP contribution in [0.15, 0.2) is 33.5 Å². The Bertz CT molecular complexity index is 1430. The molecule has 0 aliphatic carbocycles. The summed E-state index contributed by atoms with van der Waals surface area (Å²) in [6.45, 7) is 0.890. The number of β-lactam (4-membered cyclic amide) rings is 1. The zero-order valence-corrected chi connectivity index (χ0v) is 22.8. The molecule has 2 unspecified atom stereocenters. The summed E-state index contributed by atoms with van der Waals surface area (Å²) in [5.41, 5.74) is 5.96. The summed E-state index contributed by atoms with van der Waals surface area (Å²) < 4.78 is 4.33. The average Bonchev–Trinajstić information content (AvgIpc) is 3.31. The van der Waals surface area contributed by atoms with Crippen molar-refractivity contribution in [3.8, 4) is 5.75 Å². The summed E-state index contributed by atoms with van der Waals surface area (Å²) in [7, 11) is 5.07. The number of pyridine rings is 1. The monoisotopic (exact) mass is 579 g/mol. The van der Waals surface area contributed by atoms with Crippen molar-refractivity contribution in [2.24, 2.45) is 5.16 Å². The number of H-pyrrole nitrogens is 1. The van der Waals surface area contributed by atoms with Gasteiger partial charge in [-0.25, -0.2) is 4.79 Å². The van der Waals surface area contributed by atoms with Gasteiger partial charge in [-0.2, -0.15) is 9.36 Å². The van der Waals surface area contributed by atoms with Gasteiger partial charge in [-0.3, -0.25) is 19.3 Å². The van der Waals surface area contributed by atoms with Crippen molar-refractivity contribution < 1.29 is 33.9 Å². The van der Waals surface area contributed by atoms with Crippen LogP contribution in [-0.2, 0) is 25.6 Å². The summed E-state index contributed by atoms with van der Waals surface area (Å²) in [6.07, 6.45) is 1.72. The Labute approximate surface area is 230 Å². The van der Waals surface area contributed by atoms with E-state index in [2.05, 4.69) is 24.8 Å². The molecule has 2 atom stereocenters. The second-order valence-corrected chi connectivity index (χ2v) is 11.4.